The first-order chi connectivity index (χ1) is 8.60. The number of rotatable bonds is 2. The lowest BCUT2D eigenvalue weighted by Crippen LogP contribution is -2.48. The van der Waals surface area contributed by atoms with Gasteiger partial charge in [0.1, 0.15) is 5.69 Å². The normalized spacial score (nSPS) is 23.8. The maximum absolute atomic E-state index is 12.3. The van der Waals surface area contributed by atoms with E-state index in [2.05, 4.69) is 10.3 Å². The molecule has 0 radical (unpaired) electrons. The highest BCUT2D eigenvalue weighted by Gasteiger charge is 2.27. The molecule has 1 aromatic heterocycles. The molecule has 2 rings (SSSR count). The summed E-state index contributed by atoms with van der Waals surface area (Å²) in [6, 6.07) is 3.60. The van der Waals surface area contributed by atoms with Gasteiger partial charge in [-0.3, -0.25) is 4.79 Å². The molecule has 1 aliphatic heterocycles. The van der Waals surface area contributed by atoms with Crippen LogP contribution in [0.5, 0.6) is 0 Å². The molecule has 0 saturated carbocycles. The Hall–Kier alpha value is -1.62. The van der Waals surface area contributed by atoms with Crippen LogP contribution in [0.2, 0.25) is 0 Å². The van der Waals surface area contributed by atoms with E-state index >= 15 is 0 Å². The molecule has 2 heterocycles. The van der Waals surface area contributed by atoms with Gasteiger partial charge >= 0.3 is 0 Å². The Kier molecular flexibility index (Phi) is 3.81. The molecular weight excluding hydrogens is 230 g/mol. The zero-order chi connectivity index (χ0) is 13.1. The van der Waals surface area contributed by atoms with Gasteiger partial charge < -0.3 is 15.0 Å². The molecule has 0 bridgehead atoms. The number of morpholine rings is 1. The lowest BCUT2D eigenvalue weighted by atomic mass is 10.2. The van der Waals surface area contributed by atoms with E-state index in [4.69, 9.17) is 4.74 Å². The predicted molar refractivity (Wildman–Crippen MR) is 69.7 cm³/mol. The van der Waals surface area contributed by atoms with Crippen molar-refractivity contribution in [2.24, 2.45) is 0 Å². The number of carbonyl (C=O) groups excluding carboxylic acids is 1. The first-order valence-electron chi connectivity index (χ1n) is 6.18. The Morgan fingerprint density at radius 1 is 1.39 bits per heavy atom. The van der Waals surface area contributed by atoms with Gasteiger partial charge in [0, 0.05) is 20.1 Å². The van der Waals surface area contributed by atoms with Crippen LogP contribution in [0, 0.1) is 0 Å². The summed E-state index contributed by atoms with van der Waals surface area (Å²) in [5.41, 5.74) is 1.38. The van der Waals surface area contributed by atoms with Gasteiger partial charge in [0.25, 0.3) is 5.91 Å². The second-order valence-corrected chi connectivity index (χ2v) is 4.65. The van der Waals surface area contributed by atoms with Crippen LogP contribution >= 0.6 is 0 Å². The van der Waals surface area contributed by atoms with Gasteiger partial charge in [-0.15, -0.1) is 0 Å². The molecule has 1 aliphatic rings. The molecule has 0 aromatic carbocycles. The van der Waals surface area contributed by atoms with Crippen molar-refractivity contribution in [3.63, 3.8) is 0 Å². The lowest BCUT2D eigenvalue weighted by molar-refractivity contribution is -0.0587. The van der Waals surface area contributed by atoms with E-state index in [0.29, 0.717) is 18.8 Å². The highest BCUT2D eigenvalue weighted by Crippen LogP contribution is 2.14. The molecule has 1 saturated heterocycles. The minimum atomic E-state index is -0.0281. The van der Waals surface area contributed by atoms with Crippen molar-refractivity contribution in [1.29, 1.82) is 0 Å². The number of nitrogens with one attached hydrogen (secondary N) is 1. The Labute approximate surface area is 107 Å². The lowest BCUT2D eigenvalue weighted by Gasteiger charge is -2.35. The summed E-state index contributed by atoms with van der Waals surface area (Å²) < 4.78 is 5.61. The summed E-state index contributed by atoms with van der Waals surface area (Å²) in [5.74, 6) is -0.0281. The summed E-state index contributed by atoms with van der Waals surface area (Å²) in [7, 11) is 1.82. The Morgan fingerprint density at radius 2 is 2.06 bits per heavy atom. The number of amides is 1. The summed E-state index contributed by atoms with van der Waals surface area (Å²) in [5, 5.41) is 2.98. The third-order valence-corrected chi connectivity index (χ3v) is 2.98. The quantitative estimate of drug-likeness (QED) is 0.860. The Morgan fingerprint density at radius 3 is 2.56 bits per heavy atom. The van der Waals surface area contributed by atoms with Gasteiger partial charge in [-0.25, -0.2) is 4.98 Å². The van der Waals surface area contributed by atoms with Crippen LogP contribution in [0.3, 0.4) is 0 Å². The van der Waals surface area contributed by atoms with E-state index in [1.807, 2.05) is 27.0 Å². The van der Waals surface area contributed by atoms with E-state index in [9.17, 15) is 4.79 Å². The van der Waals surface area contributed by atoms with Crippen LogP contribution in [0.15, 0.2) is 18.3 Å². The first kappa shape index (κ1) is 12.8. The van der Waals surface area contributed by atoms with E-state index in [0.717, 1.165) is 5.69 Å². The third kappa shape index (κ3) is 2.79. The van der Waals surface area contributed by atoms with Crippen molar-refractivity contribution >= 4 is 11.6 Å². The van der Waals surface area contributed by atoms with Crippen molar-refractivity contribution in [1.82, 2.24) is 9.88 Å². The Balaban J connectivity index is 2.09. The van der Waals surface area contributed by atoms with Crippen molar-refractivity contribution in [3.8, 4) is 0 Å². The number of hydrogen-bond donors (Lipinski definition) is 1. The van der Waals surface area contributed by atoms with Crippen molar-refractivity contribution in [2.45, 2.75) is 26.1 Å². The number of anilines is 1. The number of nitrogens with zero attached hydrogens (tertiary/aromatic N) is 2. The van der Waals surface area contributed by atoms with Gasteiger partial charge in [0.15, 0.2) is 0 Å². The number of pyridine rings is 1. The van der Waals surface area contributed by atoms with Gasteiger partial charge in [-0.05, 0) is 26.0 Å². The van der Waals surface area contributed by atoms with E-state index in [-0.39, 0.29) is 18.1 Å². The highest BCUT2D eigenvalue weighted by atomic mass is 16.5. The summed E-state index contributed by atoms with van der Waals surface area (Å²) in [6.45, 7) is 5.21. The number of aromatic nitrogens is 1. The number of hydrogen-bond acceptors (Lipinski definition) is 4. The molecule has 1 aromatic rings. The van der Waals surface area contributed by atoms with Gasteiger partial charge in [-0.2, -0.15) is 0 Å². The molecule has 98 valence electrons. The molecule has 5 nitrogen and oxygen atoms in total. The zero-order valence-electron chi connectivity index (χ0n) is 11.0. The van der Waals surface area contributed by atoms with Gasteiger partial charge in [-0.1, -0.05) is 0 Å². The fraction of sp³-hybridized carbons (Fsp3) is 0.538. The average Bonchev–Trinajstić information content (AvgIpc) is 2.37. The zero-order valence-corrected chi connectivity index (χ0v) is 11.0. The van der Waals surface area contributed by atoms with Crippen LogP contribution in [-0.4, -0.2) is 48.1 Å². The molecule has 5 heteroatoms. The fourth-order valence-corrected chi connectivity index (χ4v) is 2.17. The molecule has 0 aliphatic carbocycles. The van der Waals surface area contributed by atoms with Crippen molar-refractivity contribution in [3.05, 3.63) is 24.0 Å². The molecule has 0 spiro atoms. The van der Waals surface area contributed by atoms with Crippen LogP contribution < -0.4 is 5.32 Å². The molecule has 1 amide bonds. The van der Waals surface area contributed by atoms with Crippen molar-refractivity contribution < 1.29 is 9.53 Å². The topological polar surface area (TPSA) is 54.5 Å². The summed E-state index contributed by atoms with van der Waals surface area (Å²) in [6.07, 6.45) is 1.82. The Bertz CT molecular complexity index is 409. The molecule has 18 heavy (non-hydrogen) atoms. The minimum Gasteiger partial charge on any atom is -0.387 e. The predicted octanol–water partition coefficient (Wildman–Crippen LogP) is 1.37. The fourth-order valence-electron chi connectivity index (χ4n) is 2.17. The first-order valence-corrected chi connectivity index (χ1v) is 6.18. The third-order valence-electron chi connectivity index (χ3n) is 2.98. The SMILES string of the molecule is CNc1ccc(C(=O)N2CC(C)OC(C)C2)nc1. The van der Waals surface area contributed by atoms with E-state index < -0.39 is 0 Å². The molecule has 1 fully saturated rings. The van der Waals surface area contributed by atoms with E-state index in [1.54, 1.807) is 17.2 Å². The highest BCUT2D eigenvalue weighted by molar-refractivity contribution is 5.92. The largest absolute Gasteiger partial charge is 0.387 e. The smallest absolute Gasteiger partial charge is 0.272 e. The minimum absolute atomic E-state index is 0.0281. The maximum Gasteiger partial charge on any atom is 0.272 e. The average molecular weight is 249 g/mol. The number of ether oxygens (including phenoxy) is 1. The molecule has 2 unspecified atom stereocenters. The summed E-state index contributed by atoms with van der Waals surface area (Å²) in [4.78, 5) is 18.3. The standard InChI is InChI=1S/C13H19N3O2/c1-9-7-16(8-10(2)18-9)13(17)12-5-4-11(14-3)6-15-12/h4-6,9-10,14H,7-8H2,1-3H3. The van der Waals surface area contributed by atoms with Crippen LogP contribution in [0.4, 0.5) is 5.69 Å². The molecular formula is C13H19N3O2. The van der Waals surface area contributed by atoms with Crippen molar-refractivity contribution in [2.75, 3.05) is 25.5 Å². The molecule has 2 atom stereocenters. The second kappa shape index (κ2) is 5.35. The van der Waals surface area contributed by atoms with E-state index in [1.165, 1.54) is 0 Å². The van der Waals surface area contributed by atoms with Crippen LogP contribution in [0.1, 0.15) is 24.3 Å². The van der Waals surface area contributed by atoms with Crippen LogP contribution in [0.25, 0.3) is 0 Å². The van der Waals surface area contributed by atoms with Gasteiger partial charge in [0.05, 0.1) is 24.1 Å². The molecule has 1 N–H and O–H groups in total. The monoisotopic (exact) mass is 249 g/mol. The van der Waals surface area contributed by atoms with Crippen LogP contribution in [-0.2, 0) is 4.74 Å². The maximum atomic E-state index is 12.3. The number of carbonyl (C=O) groups is 1. The summed E-state index contributed by atoms with van der Waals surface area (Å²) >= 11 is 0. The second-order valence-electron chi connectivity index (χ2n) is 4.65. The van der Waals surface area contributed by atoms with Gasteiger partial charge in [0.2, 0.25) is 0 Å².